The Kier molecular flexibility index (Phi) is 6.06. The Morgan fingerprint density at radius 3 is 2.38 bits per heavy atom. The number of hydrogen-bond acceptors (Lipinski definition) is 4. The van der Waals surface area contributed by atoms with Crippen molar-refractivity contribution in [2.24, 2.45) is 10.1 Å². The average molecular weight is 428 g/mol. The molecule has 0 N–H and O–H groups in total. The number of rotatable bonds is 4. The zero-order valence-electron chi connectivity index (χ0n) is 14.5. The number of benzene rings is 2. The molecule has 132 valence electrons. The van der Waals surface area contributed by atoms with Crippen molar-refractivity contribution in [1.29, 1.82) is 0 Å². The monoisotopic (exact) mass is 427 g/mol. The van der Waals surface area contributed by atoms with Crippen molar-refractivity contribution in [3.63, 3.8) is 0 Å². The molecule has 1 aliphatic rings. The zero-order valence-corrected chi connectivity index (χ0v) is 16.9. The van der Waals surface area contributed by atoms with E-state index in [1.54, 1.807) is 6.21 Å². The number of thioether (sulfide) groups is 1. The fourth-order valence-electron chi connectivity index (χ4n) is 2.29. The van der Waals surface area contributed by atoms with Crippen LogP contribution in [-0.4, -0.2) is 28.8 Å². The van der Waals surface area contributed by atoms with Gasteiger partial charge in [-0.3, -0.25) is 9.79 Å². The maximum Gasteiger partial charge on any atom is 0.287 e. The fraction of sp³-hybridized carbons (Fsp3) is 0.150. The molecule has 2 aromatic rings. The molecule has 1 heterocycles. The number of aryl methyl sites for hydroxylation is 1. The van der Waals surface area contributed by atoms with Crippen molar-refractivity contribution in [1.82, 2.24) is 5.01 Å². The Balaban J connectivity index is 1.86. The summed E-state index contributed by atoms with van der Waals surface area (Å²) in [6.07, 6.45) is 3.55. The Bertz CT molecular complexity index is 886. The van der Waals surface area contributed by atoms with E-state index in [0.29, 0.717) is 16.6 Å². The molecule has 1 amide bonds. The van der Waals surface area contributed by atoms with Gasteiger partial charge < -0.3 is 0 Å². The molecule has 26 heavy (non-hydrogen) atoms. The smallest absolute Gasteiger partial charge is 0.266 e. The first-order valence-corrected chi connectivity index (χ1v) is 9.82. The topological polar surface area (TPSA) is 45.0 Å². The van der Waals surface area contributed by atoms with Gasteiger partial charge in [0.2, 0.25) is 0 Å². The van der Waals surface area contributed by atoms with Crippen LogP contribution >= 0.6 is 27.7 Å². The third-order valence-corrected chi connectivity index (χ3v) is 5.17. The quantitative estimate of drug-likeness (QED) is 0.504. The van der Waals surface area contributed by atoms with Gasteiger partial charge >= 0.3 is 0 Å². The van der Waals surface area contributed by atoms with E-state index in [4.69, 9.17) is 0 Å². The Morgan fingerprint density at radius 2 is 1.73 bits per heavy atom. The molecule has 3 rings (SSSR count). The van der Waals surface area contributed by atoms with E-state index in [9.17, 15) is 4.79 Å². The molecule has 6 heteroatoms. The van der Waals surface area contributed by atoms with Crippen LogP contribution in [0.2, 0.25) is 0 Å². The van der Waals surface area contributed by atoms with E-state index < -0.39 is 0 Å². The van der Waals surface area contributed by atoms with E-state index in [-0.39, 0.29) is 5.91 Å². The summed E-state index contributed by atoms with van der Waals surface area (Å²) in [6.45, 7) is 4.57. The van der Waals surface area contributed by atoms with Gasteiger partial charge in [-0.05, 0) is 54.9 Å². The van der Waals surface area contributed by atoms with Crippen LogP contribution in [0.25, 0.3) is 6.08 Å². The molecule has 1 fully saturated rings. The number of amidine groups is 1. The molecule has 2 aromatic carbocycles. The first kappa shape index (κ1) is 18.6. The van der Waals surface area contributed by atoms with E-state index in [2.05, 4.69) is 26.0 Å². The van der Waals surface area contributed by atoms with Crippen LogP contribution in [0.15, 0.2) is 68.0 Å². The number of hydrazone groups is 1. The van der Waals surface area contributed by atoms with Gasteiger partial charge in [0.25, 0.3) is 5.91 Å². The second kappa shape index (κ2) is 8.47. The summed E-state index contributed by atoms with van der Waals surface area (Å²) in [5.41, 5.74) is 3.08. The van der Waals surface area contributed by atoms with Crippen molar-refractivity contribution >= 4 is 51.1 Å². The van der Waals surface area contributed by atoms with Crippen molar-refractivity contribution in [3.05, 3.63) is 74.6 Å². The average Bonchev–Trinajstić information content (AvgIpc) is 2.92. The van der Waals surface area contributed by atoms with E-state index >= 15 is 0 Å². The lowest BCUT2D eigenvalue weighted by Crippen LogP contribution is -2.23. The van der Waals surface area contributed by atoms with E-state index in [0.717, 1.165) is 15.6 Å². The van der Waals surface area contributed by atoms with Gasteiger partial charge in [0, 0.05) is 11.0 Å². The van der Waals surface area contributed by atoms with E-state index in [1.165, 1.54) is 22.3 Å². The minimum Gasteiger partial charge on any atom is -0.266 e. The van der Waals surface area contributed by atoms with Crippen LogP contribution in [0.5, 0.6) is 0 Å². The van der Waals surface area contributed by atoms with Gasteiger partial charge in [-0.1, -0.05) is 57.9 Å². The largest absolute Gasteiger partial charge is 0.287 e. The lowest BCUT2D eigenvalue weighted by molar-refractivity contribution is -0.122. The van der Waals surface area contributed by atoms with Gasteiger partial charge in [0.15, 0.2) is 5.17 Å². The number of halogens is 1. The number of carbonyl (C=O) groups is 1. The second-order valence-electron chi connectivity index (χ2n) is 5.69. The summed E-state index contributed by atoms with van der Waals surface area (Å²) in [6, 6.07) is 15.8. The third-order valence-electron chi connectivity index (χ3n) is 3.65. The van der Waals surface area contributed by atoms with Crippen molar-refractivity contribution in [2.45, 2.75) is 13.8 Å². The molecule has 0 aromatic heterocycles. The molecule has 1 saturated heterocycles. The molecule has 0 radical (unpaired) electrons. The molecular weight excluding hydrogens is 410 g/mol. The predicted molar refractivity (Wildman–Crippen MR) is 113 cm³/mol. The van der Waals surface area contributed by atoms with E-state index in [1.807, 2.05) is 68.5 Å². The van der Waals surface area contributed by atoms with Gasteiger partial charge in [-0.2, -0.15) is 10.1 Å². The summed E-state index contributed by atoms with van der Waals surface area (Å²) in [5, 5.41) is 6.34. The van der Waals surface area contributed by atoms with Gasteiger partial charge in [-0.25, -0.2) is 0 Å². The lowest BCUT2D eigenvalue weighted by Gasteiger charge is -2.07. The molecular formula is C20H18BrN3OS. The Labute approximate surface area is 165 Å². The molecule has 0 atom stereocenters. The first-order valence-electron chi connectivity index (χ1n) is 8.21. The highest BCUT2D eigenvalue weighted by Crippen LogP contribution is 2.33. The molecule has 0 saturated carbocycles. The standard InChI is InChI=1S/C20H18BrN3OS/c1-3-22-20-24(23-13-16-6-4-14(2)5-7-16)19(25)18(26-20)12-15-8-10-17(21)11-9-15/h4-13H,3H2,1-2H3/b18-12+,22-20?,23-13+. The molecule has 0 unspecified atom stereocenters. The van der Waals surface area contributed by atoms with Crippen LogP contribution in [0.3, 0.4) is 0 Å². The van der Waals surface area contributed by atoms with Crippen LogP contribution in [-0.2, 0) is 4.79 Å². The zero-order chi connectivity index (χ0) is 18.5. The fourth-order valence-corrected chi connectivity index (χ4v) is 3.53. The number of amides is 1. The molecule has 0 aliphatic carbocycles. The maximum atomic E-state index is 12.8. The van der Waals surface area contributed by atoms with Crippen LogP contribution in [0, 0.1) is 6.92 Å². The van der Waals surface area contributed by atoms with Crippen LogP contribution < -0.4 is 0 Å². The SMILES string of the molecule is CCN=C1S/C(=C/c2ccc(Br)cc2)C(=O)N1/N=C/c1ccc(C)cc1. The molecule has 0 bridgehead atoms. The maximum absolute atomic E-state index is 12.8. The van der Waals surface area contributed by atoms with Gasteiger partial charge in [0.05, 0.1) is 11.1 Å². The first-order chi connectivity index (χ1) is 12.6. The minimum absolute atomic E-state index is 0.159. The van der Waals surface area contributed by atoms with Crippen LogP contribution in [0.4, 0.5) is 0 Å². The highest BCUT2D eigenvalue weighted by molar-refractivity contribution is 9.10. The normalized spacial score (nSPS) is 17.8. The number of carbonyl (C=O) groups excluding carboxylic acids is 1. The Hall–Kier alpha value is -2.18. The highest BCUT2D eigenvalue weighted by atomic mass is 79.9. The number of nitrogens with zero attached hydrogens (tertiary/aromatic N) is 3. The van der Waals surface area contributed by atoms with Gasteiger partial charge in [0.1, 0.15) is 0 Å². The summed E-state index contributed by atoms with van der Waals surface area (Å²) in [4.78, 5) is 17.8. The molecule has 1 aliphatic heterocycles. The Morgan fingerprint density at radius 1 is 1.08 bits per heavy atom. The van der Waals surface area contributed by atoms with Crippen molar-refractivity contribution < 1.29 is 4.79 Å². The van der Waals surface area contributed by atoms with Crippen molar-refractivity contribution in [3.8, 4) is 0 Å². The number of aliphatic imine (C=N–C) groups is 1. The lowest BCUT2D eigenvalue weighted by atomic mass is 10.2. The summed E-state index contributed by atoms with van der Waals surface area (Å²) in [5.74, 6) is -0.159. The van der Waals surface area contributed by atoms with Crippen molar-refractivity contribution in [2.75, 3.05) is 6.54 Å². The molecule has 0 spiro atoms. The summed E-state index contributed by atoms with van der Waals surface area (Å²) >= 11 is 4.77. The third kappa shape index (κ3) is 4.51. The predicted octanol–water partition coefficient (Wildman–Crippen LogP) is 5.08. The molecule has 4 nitrogen and oxygen atoms in total. The highest BCUT2D eigenvalue weighted by Gasteiger charge is 2.33. The number of hydrogen-bond donors (Lipinski definition) is 0. The second-order valence-corrected chi connectivity index (χ2v) is 7.62. The summed E-state index contributed by atoms with van der Waals surface area (Å²) in [7, 11) is 0. The van der Waals surface area contributed by atoms with Crippen LogP contribution in [0.1, 0.15) is 23.6 Å². The summed E-state index contributed by atoms with van der Waals surface area (Å²) < 4.78 is 1.00. The minimum atomic E-state index is -0.159. The van der Waals surface area contributed by atoms with Gasteiger partial charge in [-0.15, -0.1) is 0 Å².